The van der Waals surface area contributed by atoms with Crippen LogP contribution in [0.1, 0.15) is 18.1 Å². The highest BCUT2D eigenvalue weighted by Crippen LogP contribution is 2.22. The van der Waals surface area contributed by atoms with E-state index in [9.17, 15) is 13.2 Å². The number of benzene rings is 2. The number of hydrogen-bond acceptors (Lipinski definition) is 5. The van der Waals surface area contributed by atoms with E-state index in [1.165, 1.54) is 6.07 Å². The van der Waals surface area contributed by atoms with Crippen molar-refractivity contribution < 1.29 is 18.0 Å². The van der Waals surface area contributed by atoms with Gasteiger partial charge >= 0.3 is 0 Å². The third-order valence-electron chi connectivity index (χ3n) is 3.62. The molecule has 0 spiro atoms. The summed E-state index contributed by atoms with van der Waals surface area (Å²) in [6.45, 7) is 1.79. The third kappa shape index (κ3) is 3.86. The predicted octanol–water partition coefficient (Wildman–Crippen LogP) is 1.36. The molecule has 1 heterocycles. The van der Waals surface area contributed by atoms with E-state index in [4.69, 9.17) is 4.84 Å². The lowest BCUT2D eigenvalue weighted by Gasteiger charge is -2.10. The molecule has 8 heteroatoms. The third-order valence-corrected chi connectivity index (χ3v) is 5.02. The highest BCUT2D eigenvalue weighted by molar-refractivity contribution is 7.90. The summed E-state index contributed by atoms with van der Waals surface area (Å²) in [6.07, 6.45) is 0. The van der Waals surface area contributed by atoms with Gasteiger partial charge in [-0.05, 0) is 24.6 Å². The van der Waals surface area contributed by atoms with Gasteiger partial charge < -0.3 is 0 Å². The topological polar surface area (TPSA) is 96.9 Å². The summed E-state index contributed by atoms with van der Waals surface area (Å²) in [5.41, 5.74) is 3.69. The maximum Gasteiger partial charge on any atom is 0.268 e. The number of nitrogens with one attached hydrogen (secondary N) is 2. The first kappa shape index (κ1) is 17.1. The molecule has 0 aliphatic carbocycles. The average Bonchev–Trinajstić information content (AvgIpc) is 2.86. The monoisotopic (exact) mass is 359 g/mol. The molecule has 1 aliphatic heterocycles. The highest BCUT2D eigenvalue weighted by Gasteiger charge is 2.31. The maximum absolute atomic E-state index is 12.1. The first-order valence-electron chi connectivity index (χ1n) is 7.63. The van der Waals surface area contributed by atoms with Crippen LogP contribution in [0.15, 0.2) is 64.5 Å². The predicted molar refractivity (Wildman–Crippen MR) is 92.1 cm³/mol. The summed E-state index contributed by atoms with van der Waals surface area (Å²) < 4.78 is 26.4. The van der Waals surface area contributed by atoms with E-state index in [1.807, 2.05) is 30.3 Å². The standard InChI is InChI=1S/C17H17N3O4S/c1-12(17(21)19-24-11-13-7-3-2-4-8-13)18-16-14-9-5-6-10-15(14)25(22,23)20-16/h2-10,12H,11H2,1H3,(H,18,20)(H,19,21)/t12-/m1/s1. The van der Waals surface area contributed by atoms with Crippen LogP contribution < -0.4 is 10.2 Å². The lowest BCUT2D eigenvalue weighted by atomic mass is 10.2. The normalized spacial score (nSPS) is 17.6. The van der Waals surface area contributed by atoms with Crippen molar-refractivity contribution in [2.75, 3.05) is 0 Å². The first-order valence-corrected chi connectivity index (χ1v) is 9.11. The number of sulfonamides is 1. The lowest BCUT2D eigenvalue weighted by molar-refractivity contribution is -0.135. The van der Waals surface area contributed by atoms with E-state index in [0.717, 1.165) is 5.56 Å². The summed E-state index contributed by atoms with van der Waals surface area (Å²) in [5, 5.41) is 0. The number of hydroxylamine groups is 1. The summed E-state index contributed by atoms with van der Waals surface area (Å²) in [6, 6.07) is 15.0. The Balaban J connectivity index is 1.64. The maximum atomic E-state index is 12.1. The number of amides is 1. The smallest absolute Gasteiger partial charge is 0.268 e. The number of amidine groups is 1. The minimum absolute atomic E-state index is 0.154. The van der Waals surface area contributed by atoms with E-state index < -0.39 is 22.0 Å². The van der Waals surface area contributed by atoms with Gasteiger partial charge in [0.05, 0.1) is 11.5 Å². The van der Waals surface area contributed by atoms with Gasteiger partial charge in [0.15, 0.2) is 0 Å². The van der Waals surface area contributed by atoms with Gasteiger partial charge in [-0.3, -0.25) is 19.3 Å². The van der Waals surface area contributed by atoms with Crippen molar-refractivity contribution in [3.05, 3.63) is 65.7 Å². The van der Waals surface area contributed by atoms with E-state index in [-0.39, 0.29) is 17.3 Å². The van der Waals surface area contributed by atoms with E-state index >= 15 is 0 Å². The van der Waals surface area contributed by atoms with Crippen LogP contribution in [0.4, 0.5) is 0 Å². The zero-order chi connectivity index (χ0) is 17.9. The van der Waals surface area contributed by atoms with E-state index in [1.54, 1.807) is 25.1 Å². The molecular formula is C17H17N3O4S. The van der Waals surface area contributed by atoms with Crippen LogP contribution in [-0.4, -0.2) is 26.2 Å². The number of nitrogens with zero attached hydrogens (tertiary/aromatic N) is 1. The molecule has 0 aromatic heterocycles. The quantitative estimate of drug-likeness (QED) is 0.788. The van der Waals surface area contributed by atoms with Gasteiger partial charge in [-0.1, -0.05) is 42.5 Å². The van der Waals surface area contributed by atoms with Crippen LogP contribution in [-0.2, 0) is 26.3 Å². The van der Waals surface area contributed by atoms with Crippen LogP contribution in [0, 0.1) is 0 Å². The Morgan fingerprint density at radius 3 is 2.60 bits per heavy atom. The van der Waals surface area contributed by atoms with Crippen molar-refractivity contribution in [3.63, 3.8) is 0 Å². The summed E-state index contributed by atoms with van der Waals surface area (Å²) >= 11 is 0. The molecule has 0 radical (unpaired) electrons. The second kappa shape index (κ2) is 7.04. The first-order chi connectivity index (χ1) is 12.0. The molecule has 0 saturated heterocycles. The van der Waals surface area contributed by atoms with Crippen molar-refractivity contribution in [1.29, 1.82) is 0 Å². The van der Waals surface area contributed by atoms with E-state index in [2.05, 4.69) is 15.2 Å². The molecule has 25 heavy (non-hydrogen) atoms. The van der Waals surface area contributed by atoms with Crippen LogP contribution in [0.5, 0.6) is 0 Å². The molecule has 1 atom stereocenters. The fraction of sp³-hybridized carbons (Fsp3) is 0.176. The largest absolute Gasteiger partial charge is 0.270 e. The van der Waals surface area contributed by atoms with Gasteiger partial charge in [0, 0.05) is 5.56 Å². The molecule has 0 saturated carbocycles. The SMILES string of the molecule is C[C@@H](N=C1NS(=O)(=O)c2ccccc21)C(=O)NOCc1ccccc1. The molecule has 2 N–H and O–H groups in total. The minimum atomic E-state index is -3.62. The average molecular weight is 359 g/mol. The summed E-state index contributed by atoms with van der Waals surface area (Å²) in [7, 11) is -3.62. The summed E-state index contributed by atoms with van der Waals surface area (Å²) in [5.74, 6) is -0.312. The molecule has 7 nitrogen and oxygen atoms in total. The van der Waals surface area contributed by atoms with Crippen LogP contribution in [0.25, 0.3) is 0 Å². The fourth-order valence-corrected chi connectivity index (χ4v) is 3.57. The van der Waals surface area contributed by atoms with Crippen LogP contribution >= 0.6 is 0 Å². The van der Waals surface area contributed by atoms with Crippen LogP contribution in [0.2, 0.25) is 0 Å². The molecule has 1 amide bonds. The number of fused-ring (bicyclic) bond motifs is 1. The molecule has 1 aliphatic rings. The second-order valence-corrected chi connectivity index (χ2v) is 7.15. The van der Waals surface area contributed by atoms with Crippen molar-refractivity contribution in [2.45, 2.75) is 24.5 Å². The molecule has 0 fully saturated rings. The molecule has 0 unspecified atom stereocenters. The zero-order valence-corrected chi connectivity index (χ0v) is 14.3. The molecule has 3 rings (SSSR count). The lowest BCUT2D eigenvalue weighted by Crippen LogP contribution is -2.33. The van der Waals surface area contributed by atoms with Crippen molar-refractivity contribution >= 4 is 21.8 Å². The van der Waals surface area contributed by atoms with Crippen molar-refractivity contribution in [2.24, 2.45) is 4.99 Å². The molecule has 2 aromatic carbocycles. The zero-order valence-electron chi connectivity index (χ0n) is 13.5. The van der Waals surface area contributed by atoms with Crippen molar-refractivity contribution in [1.82, 2.24) is 10.2 Å². The summed E-state index contributed by atoms with van der Waals surface area (Å²) in [4.78, 5) is 21.6. The van der Waals surface area contributed by atoms with E-state index in [0.29, 0.717) is 5.56 Å². The van der Waals surface area contributed by atoms with Crippen LogP contribution in [0.3, 0.4) is 0 Å². The fourth-order valence-electron chi connectivity index (χ4n) is 2.33. The molecule has 2 aromatic rings. The number of rotatable bonds is 5. The Morgan fingerprint density at radius 2 is 1.84 bits per heavy atom. The Morgan fingerprint density at radius 1 is 1.16 bits per heavy atom. The molecular weight excluding hydrogens is 342 g/mol. The minimum Gasteiger partial charge on any atom is -0.270 e. The Kier molecular flexibility index (Phi) is 4.82. The van der Waals surface area contributed by atoms with Gasteiger partial charge in [0.2, 0.25) is 0 Å². The Hall–Kier alpha value is -2.71. The number of aliphatic imine (C=N–C) groups is 1. The highest BCUT2D eigenvalue weighted by atomic mass is 32.2. The Bertz CT molecular complexity index is 911. The van der Waals surface area contributed by atoms with Gasteiger partial charge in [-0.15, -0.1) is 0 Å². The van der Waals surface area contributed by atoms with Gasteiger partial charge in [-0.25, -0.2) is 13.9 Å². The Labute approximate surface area is 145 Å². The van der Waals surface area contributed by atoms with Gasteiger partial charge in [0.25, 0.3) is 15.9 Å². The van der Waals surface area contributed by atoms with Gasteiger partial charge in [0.1, 0.15) is 11.9 Å². The number of carbonyl (C=O) groups is 1. The molecule has 130 valence electrons. The van der Waals surface area contributed by atoms with Gasteiger partial charge in [-0.2, -0.15) is 0 Å². The van der Waals surface area contributed by atoms with Crippen molar-refractivity contribution in [3.8, 4) is 0 Å². The molecule has 0 bridgehead atoms. The number of carbonyl (C=O) groups excluding carboxylic acids is 1. The number of hydrogen-bond donors (Lipinski definition) is 2. The second-order valence-electron chi connectivity index (χ2n) is 5.50.